The maximum Gasteiger partial charge on any atom is -0.00179 e. The Labute approximate surface area is 103 Å². The van der Waals surface area contributed by atoms with E-state index in [4.69, 9.17) is 22.9 Å². The summed E-state index contributed by atoms with van der Waals surface area (Å²) in [5.41, 5.74) is 20.1. The molecule has 0 aromatic rings. The van der Waals surface area contributed by atoms with Crippen molar-refractivity contribution in [2.45, 2.75) is 59.9 Å². The SMILES string of the molecule is CC(C)N.CCCCN.CCCN.CCN. The van der Waals surface area contributed by atoms with E-state index in [9.17, 15) is 0 Å². The molecule has 16 heavy (non-hydrogen) atoms. The molecule has 0 aromatic heterocycles. The highest BCUT2D eigenvalue weighted by molar-refractivity contribution is 4.32. The van der Waals surface area contributed by atoms with Crippen LogP contribution in [0.2, 0.25) is 0 Å². The predicted molar refractivity (Wildman–Crippen MR) is 77.4 cm³/mol. The highest BCUT2D eigenvalue weighted by Gasteiger charge is 1.68. The minimum atomic E-state index is 0.333. The lowest BCUT2D eigenvalue weighted by molar-refractivity contribution is 0.807. The molecule has 0 atom stereocenters. The molecular weight excluding hydrogens is 200 g/mol. The lowest BCUT2D eigenvalue weighted by Gasteiger charge is -1.81. The highest BCUT2D eigenvalue weighted by Crippen LogP contribution is 1.77. The van der Waals surface area contributed by atoms with Crippen LogP contribution in [0.25, 0.3) is 0 Å². The fraction of sp³-hybridized carbons (Fsp3) is 1.00. The van der Waals surface area contributed by atoms with Gasteiger partial charge in [-0.05, 0) is 38.5 Å². The summed E-state index contributed by atoms with van der Waals surface area (Å²) in [6.07, 6.45) is 3.48. The Morgan fingerprint density at radius 2 is 1.06 bits per heavy atom. The molecule has 0 unspecified atom stereocenters. The van der Waals surface area contributed by atoms with Crippen LogP contribution in [0.1, 0.15) is 53.9 Å². The van der Waals surface area contributed by atoms with Crippen molar-refractivity contribution >= 4 is 0 Å². The summed E-state index contributed by atoms with van der Waals surface area (Å²) in [6.45, 7) is 12.4. The Bertz CT molecular complexity index is 61.3. The van der Waals surface area contributed by atoms with Gasteiger partial charge < -0.3 is 22.9 Å². The van der Waals surface area contributed by atoms with E-state index >= 15 is 0 Å². The zero-order chi connectivity index (χ0) is 13.8. The lowest BCUT2D eigenvalue weighted by atomic mass is 10.3. The standard InChI is InChI=1S/C4H11N.2C3H9N.C2H7N/c1-2-3-4-5;1-3(2)4;1-2-3-4;1-2-3/h2-5H2,1H3;3H,4H2,1-2H3;2-4H2,1H3;2-3H2,1H3. The lowest BCUT2D eigenvalue weighted by Crippen LogP contribution is -2.06. The number of hydrogen-bond donors (Lipinski definition) is 4. The molecule has 0 aliphatic heterocycles. The summed E-state index contributed by atoms with van der Waals surface area (Å²) in [5.74, 6) is 0. The van der Waals surface area contributed by atoms with E-state index in [0.29, 0.717) is 6.04 Å². The molecule has 0 saturated carbocycles. The van der Waals surface area contributed by atoms with Gasteiger partial charge in [0.1, 0.15) is 0 Å². The monoisotopic (exact) mass is 236 g/mol. The molecule has 8 N–H and O–H groups in total. The van der Waals surface area contributed by atoms with Gasteiger partial charge in [-0.25, -0.2) is 0 Å². The third-order valence-electron chi connectivity index (χ3n) is 0.846. The number of unbranched alkanes of at least 4 members (excludes halogenated alkanes) is 1. The molecule has 4 nitrogen and oxygen atoms in total. The van der Waals surface area contributed by atoms with Crippen molar-refractivity contribution in [2.24, 2.45) is 22.9 Å². The summed E-state index contributed by atoms with van der Waals surface area (Å²) in [4.78, 5) is 0. The van der Waals surface area contributed by atoms with Crippen LogP contribution in [0, 0.1) is 0 Å². The van der Waals surface area contributed by atoms with Crippen LogP contribution in [-0.4, -0.2) is 25.7 Å². The Morgan fingerprint density at radius 3 is 1.06 bits per heavy atom. The van der Waals surface area contributed by atoms with E-state index in [-0.39, 0.29) is 0 Å². The van der Waals surface area contributed by atoms with Crippen LogP contribution < -0.4 is 22.9 Å². The molecule has 0 aliphatic rings. The molecule has 0 amide bonds. The van der Waals surface area contributed by atoms with Crippen LogP contribution in [0.15, 0.2) is 0 Å². The van der Waals surface area contributed by atoms with Crippen LogP contribution in [0.4, 0.5) is 0 Å². The van der Waals surface area contributed by atoms with Crippen LogP contribution in [0.5, 0.6) is 0 Å². The molecule has 0 heterocycles. The quantitative estimate of drug-likeness (QED) is 0.595. The van der Waals surface area contributed by atoms with E-state index in [0.717, 1.165) is 26.1 Å². The van der Waals surface area contributed by atoms with Gasteiger partial charge in [-0.2, -0.15) is 0 Å². The van der Waals surface area contributed by atoms with Gasteiger partial charge in [0.15, 0.2) is 0 Å². The molecule has 0 aromatic carbocycles. The minimum absolute atomic E-state index is 0.333. The minimum Gasteiger partial charge on any atom is -0.331 e. The fourth-order valence-electron chi connectivity index (χ4n) is 0.204. The first-order chi connectivity index (χ1) is 7.47. The smallest absolute Gasteiger partial charge is 0.00179 e. The first-order valence-electron chi connectivity index (χ1n) is 6.33. The molecule has 0 rings (SSSR count). The Kier molecular flexibility index (Phi) is 56.6. The highest BCUT2D eigenvalue weighted by atomic mass is 14.6. The van der Waals surface area contributed by atoms with Gasteiger partial charge >= 0.3 is 0 Å². The van der Waals surface area contributed by atoms with E-state index < -0.39 is 0 Å². The van der Waals surface area contributed by atoms with E-state index in [2.05, 4.69) is 13.8 Å². The summed E-state index contributed by atoms with van der Waals surface area (Å²) in [5, 5.41) is 0. The van der Waals surface area contributed by atoms with Crippen molar-refractivity contribution in [3.63, 3.8) is 0 Å². The van der Waals surface area contributed by atoms with E-state index in [1.54, 1.807) is 0 Å². The molecule has 104 valence electrons. The summed E-state index contributed by atoms with van der Waals surface area (Å²) in [7, 11) is 0. The van der Waals surface area contributed by atoms with Crippen molar-refractivity contribution in [2.75, 3.05) is 19.6 Å². The second kappa shape index (κ2) is 36.4. The number of hydrogen-bond acceptors (Lipinski definition) is 4. The summed E-state index contributed by atoms with van der Waals surface area (Å²) < 4.78 is 0. The average molecular weight is 236 g/mol. The van der Waals surface area contributed by atoms with Gasteiger partial charge in [0.05, 0.1) is 0 Å². The largest absolute Gasteiger partial charge is 0.331 e. The van der Waals surface area contributed by atoms with Gasteiger partial charge in [0, 0.05) is 0 Å². The van der Waals surface area contributed by atoms with Crippen LogP contribution >= 0.6 is 0 Å². The number of rotatable bonds is 3. The topological polar surface area (TPSA) is 104 Å². The van der Waals surface area contributed by atoms with Crippen LogP contribution in [-0.2, 0) is 0 Å². The van der Waals surface area contributed by atoms with E-state index in [1.165, 1.54) is 12.8 Å². The Hall–Kier alpha value is -0.160. The second-order valence-electron chi connectivity index (χ2n) is 3.58. The molecule has 0 aliphatic carbocycles. The molecule has 0 bridgehead atoms. The molecule has 4 heteroatoms. The number of nitrogens with two attached hydrogens (primary N) is 4. The van der Waals surface area contributed by atoms with Gasteiger partial charge in [-0.15, -0.1) is 0 Å². The maximum atomic E-state index is 5.14. The van der Waals surface area contributed by atoms with Gasteiger partial charge in [-0.3, -0.25) is 0 Å². The summed E-state index contributed by atoms with van der Waals surface area (Å²) >= 11 is 0. The molecule has 0 fully saturated rings. The second-order valence-corrected chi connectivity index (χ2v) is 3.58. The third-order valence-corrected chi connectivity index (χ3v) is 0.846. The van der Waals surface area contributed by atoms with E-state index in [1.807, 2.05) is 20.8 Å². The van der Waals surface area contributed by atoms with Crippen molar-refractivity contribution in [3.05, 3.63) is 0 Å². The van der Waals surface area contributed by atoms with Crippen molar-refractivity contribution < 1.29 is 0 Å². The fourth-order valence-corrected chi connectivity index (χ4v) is 0.204. The Balaban J connectivity index is -0.0000000610. The predicted octanol–water partition coefficient (Wildman–Crippen LogP) is 1.42. The van der Waals surface area contributed by atoms with Crippen molar-refractivity contribution in [1.82, 2.24) is 0 Å². The molecule has 0 radical (unpaired) electrons. The van der Waals surface area contributed by atoms with Crippen LogP contribution in [0.3, 0.4) is 0 Å². The van der Waals surface area contributed by atoms with Gasteiger partial charge in [0.25, 0.3) is 0 Å². The van der Waals surface area contributed by atoms with Crippen molar-refractivity contribution in [1.29, 1.82) is 0 Å². The molecule has 0 spiro atoms. The zero-order valence-corrected chi connectivity index (χ0v) is 12.1. The van der Waals surface area contributed by atoms with Crippen molar-refractivity contribution in [3.8, 4) is 0 Å². The maximum absolute atomic E-state index is 5.14. The average Bonchev–Trinajstić information content (AvgIpc) is 2.20. The molecular formula is C12H36N4. The molecule has 0 saturated heterocycles. The summed E-state index contributed by atoms with van der Waals surface area (Å²) in [6, 6.07) is 0.333. The third kappa shape index (κ3) is 283. The first-order valence-corrected chi connectivity index (χ1v) is 6.33. The normalized spacial score (nSPS) is 7.88. The Morgan fingerprint density at radius 1 is 0.812 bits per heavy atom. The van der Waals surface area contributed by atoms with Gasteiger partial charge in [-0.1, -0.05) is 41.0 Å². The zero-order valence-electron chi connectivity index (χ0n) is 12.1. The van der Waals surface area contributed by atoms with Gasteiger partial charge in [0.2, 0.25) is 0 Å². The first kappa shape index (κ1) is 24.9.